The van der Waals surface area contributed by atoms with Gasteiger partial charge in [0.2, 0.25) is 0 Å². The predicted octanol–water partition coefficient (Wildman–Crippen LogP) is 3.11. The van der Waals surface area contributed by atoms with E-state index in [0.717, 1.165) is 16.5 Å². The van der Waals surface area contributed by atoms with E-state index in [9.17, 15) is 9.90 Å². The molecule has 3 N–H and O–H groups in total. The average molecular weight is 319 g/mol. The van der Waals surface area contributed by atoms with Gasteiger partial charge in [-0.15, -0.1) is 0 Å². The van der Waals surface area contributed by atoms with Gasteiger partial charge in [-0.25, -0.2) is 5.43 Å². The number of fused-ring (bicyclic) bond motifs is 1. The number of nitrogens with zero attached hydrogens (tertiary/aromatic N) is 1. The van der Waals surface area contributed by atoms with Crippen molar-refractivity contribution in [3.05, 3.63) is 72.3 Å². The van der Waals surface area contributed by atoms with Crippen LogP contribution in [-0.4, -0.2) is 23.8 Å². The zero-order valence-corrected chi connectivity index (χ0v) is 12.9. The number of phenolic OH excluding ortho intramolecular Hbond substituents is 1. The molecule has 1 amide bonds. The lowest BCUT2D eigenvalue weighted by molar-refractivity contribution is -0.119. The van der Waals surface area contributed by atoms with Gasteiger partial charge in [0.15, 0.2) is 0 Å². The normalized spacial score (nSPS) is 10.8. The largest absolute Gasteiger partial charge is 0.507 e. The molecule has 120 valence electrons. The molecule has 0 aromatic heterocycles. The Labute approximate surface area is 139 Å². The van der Waals surface area contributed by atoms with Crippen LogP contribution in [0.4, 0.5) is 5.69 Å². The number of amides is 1. The van der Waals surface area contributed by atoms with Crippen molar-refractivity contribution in [2.24, 2.45) is 5.10 Å². The predicted molar refractivity (Wildman–Crippen MR) is 96.3 cm³/mol. The topological polar surface area (TPSA) is 73.7 Å². The fourth-order valence-electron chi connectivity index (χ4n) is 2.37. The Morgan fingerprint density at radius 3 is 2.58 bits per heavy atom. The van der Waals surface area contributed by atoms with Crippen molar-refractivity contribution in [3.8, 4) is 5.75 Å². The highest BCUT2D eigenvalue weighted by atomic mass is 16.3. The summed E-state index contributed by atoms with van der Waals surface area (Å²) in [4.78, 5) is 11.8. The third-order valence-corrected chi connectivity index (χ3v) is 3.56. The maximum atomic E-state index is 11.8. The lowest BCUT2D eigenvalue weighted by Crippen LogP contribution is -2.25. The molecule has 0 aliphatic carbocycles. The number of carbonyl (C=O) groups excluding carboxylic acids is 1. The molecule has 0 aliphatic rings. The second-order valence-electron chi connectivity index (χ2n) is 5.23. The number of hydrogen-bond donors (Lipinski definition) is 3. The monoisotopic (exact) mass is 319 g/mol. The molecule has 0 radical (unpaired) electrons. The molecular formula is C19H17N3O2. The van der Waals surface area contributed by atoms with E-state index >= 15 is 0 Å². The fourth-order valence-corrected chi connectivity index (χ4v) is 2.37. The minimum Gasteiger partial charge on any atom is -0.507 e. The van der Waals surface area contributed by atoms with Crippen LogP contribution in [-0.2, 0) is 4.79 Å². The average Bonchev–Trinajstić information content (AvgIpc) is 2.63. The summed E-state index contributed by atoms with van der Waals surface area (Å²) in [5.41, 5.74) is 3.89. The Morgan fingerprint density at radius 1 is 1.00 bits per heavy atom. The van der Waals surface area contributed by atoms with Crippen LogP contribution in [0.5, 0.6) is 5.75 Å². The summed E-state index contributed by atoms with van der Waals surface area (Å²) in [5, 5.41) is 18.8. The third kappa shape index (κ3) is 3.70. The first-order valence-corrected chi connectivity index (χ1v) is 7.55. The first-order valence-electron chi connectivity index (χ1n) is 7.55. The summed E-state index contributed by atoms with van der Waals surface area (Å²) >= 11 is 0. The molecule has 3 rings (SSSR count). The molecule has 3 aromatic carbocycles. The van der Waals surface area contributed by atoms with Gasteiger partial charge in [0, 0.05) is 11.3 Å². The first kappa shape index (κ1) is 15.6. The van der Waals surface area contributed by atoms with Crippen LogP contribution >= 0.6 is 0 Å². The highest BCUT2D eigenvalue weighted by Crippen LogP contribution is 2.25. The quantitative estimate of drug-likeness (QED) is 0.500. The zero-order valence-electron chi connectivity index (χ0n) is 12.9. The summed E-state index contributed by atoms with van der Waals surface area (Å²) in [7, 11) is 0. The van der Waals surface area contributed by atoms with Crippen molar-refractivity contribution in [2.45, 2.75) is 0 Å². The molecule has 3 aromatic rings. The van der Waals surface area contributed by atoms with E-state index in [-0.39, 0.29) is 18.2 Å². The SMILES string of the molecule is O=C(CNc1ccccc1)N/N=C\c1c(O)ccc2ccccc12. The van der Waals surface area contributed by atoms with Gasteiger partial charge in [-0.1, -0.05) is 48.5 Å². The van der Waals surface area contributed by atoms with Crippen molar-refractivity contribution in [3.63, 3.8) is 0 Å². The van der Waals surface area contributed by atoms with Gasteiger partial charge in [0.05, 0.1) is 12.8 Å². The Hall–Kier alpha value is -3.34. The molecule has 0 bridgehead atoms. The van der Waals surface area contributed by atoms with Gasteiger partial charge in [0.25, 0.3) is 5.91 Å². The van der Waals surface area contributed by atoms with E-state index in [4.69, 9.17) is 0 Å². The van der Waals surface area contributed by atoms with Crippen molar-refractivity contribution >= 4 is 28.6 Å². The van der Waals surface area contributed by atoms with Gasteiger partial charge in [-0.2, -0.15) is 5.10 Å². The number of benzene rings is 3. The van der Waals surface area contributed by atoms with Crippen molar-refractivity contribution in [1.29, 1.82) is 0 Å². The van der Waals surface area contributed by atoms with Gasteiger partial charge >= 0.3 is 0 Å². The van der Waals surface area contributed by atoms with E-state index in [1.807, 2.05) is 60.7 Å². The van der Waals surface area contributed by atoms with Gasteiger partial charge in [0.1, 0.15) is 5.75 Å². The lowest BCUT2D eigenvalue weighted by Gasteiger charge is -2.06. The number of hydrogen-bond acceptors (Lipinski definition) is 4. The number of rotatable bonds is 5. The van der Waals surface area contributed by atoms with E-state index in [0.29, 0.717) is 5.56 Å². The Morgan fingerprint density at radius 2 is 1.75 bits per heavy atom. The summed E-state index contributed by atoms with van der Waals surface area (Å²) in [6.07, 6.45) is 1.46. The van der Waals surface area contributed by atoms with Crippen LogP contribution in [0.1, 0.15) is 5.56 Å². The third-order valence-electron chi connectivity index (χ3n) is 3.56. The molecule has 0 heterocycles. The Bertz CT molecular complexity index is 876. The highest BCUT2D eigenvalue weighted by molar-refractivity contribution is 6.02. The molecule has 0 unspecified atom stereocenters. The molecule has 5 heteroatoms. The maximum Gasteiger partial charge on any atom is 0.259 e. The van der Waals surface area contributed by atoms with E-state index in [1.54, 1.807) is 6.07 Å². The van der Waals surface area contributed by atoms with Crippen LogP contribution in [0.25, 0.3) is 10.8 Å². The van der Waals surface area contributed by atoms with Crippen LogP contribution in [0.2, 0.25) is 0 Å². The summed E-state index contributed by atoms with van der Waals surface area (Å²) in [6, 6.07) is 20.6. The second kappa shape index (κ2) is 7.28. The number of aromatic hydroxyl groups is 1. The summed E-state index contributed by atoms with van der Waals surface area (Å²) in [5.74, 6) is -0.149. The van der Waals surface area contributed by atoms with Crippen LogP contribution in [0.3, 0.4) is 0 Å². The number of hydrazone groups is 1. The van der Waals surface area contributed by atoms with Crippen molar-refractivity contribution in [2.75, 3.05) is 11.9 Å². The minimum absolute atomic E-state index is 0.114. The highest BCUT2D eigenvalue weighted by Gasteiger charge is 2.04. The number of nitrogens with one attached hydrogen (secondary N) is 2. The molecule has 5 nitrogen and oxygen atoms in total. The molecule has 24 heavy (non-hydrogen) atoms. The summed E-state index contributed by atoms with van der Waals surface area (Å²) < 4.78 is 0. The Kier molecular flexibility index (Phi) is 4.72. The molecule has 0 fully saturated rings. The standard InChI is InChI=1S/C19H17N3O2/c23-18-11-10-14-6-4-5-9-16(14)17(18)12-21-22-19(24)13-20-15-7-2-1-3-8-15/h1-12,20,23H,13H2,(H,22,24)/b21-12-. The number of carbonyl (C=O) groups is 1. The first-order chi connectivity index (χ1) is 11.7. The van der Waals surface area contributed by atoms with E-state index in [2.05, 4.69) is 15.8 Å². The smallest absolute Gasteiger partial charge is 0.259 e. The molecule has 0 atom stereocenters. The zero-order chi connectivity index (χ0) is 16.8. The van der Waals surface area contributed by atoms with E-state index in [1.165, 1.54) is 6.21 Å². The molecule has 0 aliphatic heterocycles. The van der Waals surface area contributed by atoms with Gasteiger partial charge in [-0.3, -0.25) is 4.79 Å². The molecule has 0 saturated heterocycles. The number of para-hydroxylation sites is 1. The molecule has 0 spiro atoms. The second-order valence-corrected chi connectivity index (χ2v) is 5.23. The van der Waals surface area contributed by atoms with Crippen LogP contribution in [0.15, 0.2) is 71.8 Å². The Balaban J connectivity index is 1.64. The van der Waals surface area contributed by atoms with Gasteiger partial charge in [-0.05, 0) is 29.0 Å². The summed E-state index contributed by atoms with van der Waals surface area (Å²) in [6.45, 7) is 0.114. The number of phenols is 1. The van der Waals surface area contributed by atoms with Gasteiger partial charge < -0.3 is 10.4 Å². The molecular weight excluding hydrogens is 302 g/mol. The van der Waals surface area contributed by atoms with E-state index < -0.39 is 0 Å². The minimum atomic E-state index is -0.269. The van der Waals surface area contributed by atoms with Crippen LogP contribution < -0.4 is 10.7 Å². The van der Waals surface area contributed by atoms with Crippen molar-refractivity contribution < 1.29 is 9.90 Å². The fraction of sp³-hybridized carbons (Fsp3) is 0.0526. The number of anilines is 1. The lowest BCUT2D eigenvalue weighted by atomic mass is 10.0. The maximum absolute atomic E-state index is 11.8. The van der Waals surface area contributed by atoms with Crippen LogP contribution in [0, 0.1) is 0 Å². The van der Waals surface area contributed by atoms with Crippen molar-refractivity contribution in [1.82, 2.24) is 5.43 Å². The molecule has 0 saturated carbocycles.